The van der Waals surface area contributed by atoms with Crippen LogP contribution in [0.1, 0.15) is 21.8 Å². The molecule has 6 nitrogen and oxygen atoms in total. The van der Waals surface area contributed by atoms with Gasteiger partial charge in [-0.25, -0.2) is 4.39 Å². The molecule has 4 rings (SSSR count). The zero-order valence-corrected chi connectivity index (χ0v) is 16.0. The van der Waals surface area contributed by atoms with Gasteiger partial charge in [0.2, 0.25) is 5.82 Å². The van der Waals surface area contributed by atoms with Crippen LogP contribution in [0.25, 0.3) is 11.4 Å². The first-order chi connectivity index (χ1) is 14.6. The number of methoxy groups -OCH3 is 1. The van der Waals surface area contributed by atoms with Crippen LogP contribution < -0.4 is 9.47 Å². The number of nitrogens with zero attached hydrogens (tertiary/aromatic N) is 2. The first-order valence-corrected chi connectivity index (χ1v) is 9.12. The molecule has 0 fully saturated rings. The smallest absolute Gasteiger partial charge is 0.264 e. The van der Waals surface area contributed by atoms with Crippen LogP contribution in [0.5, 0.6) is 11.5 Å². The minimum absolute atomic E-state index is 0.0917. The van der Waals surface area contributed by atoms with E-state index in [-0.39, 0.29) is 18.2 Å². The Morgan fingerprint density at radius 1 is 0.900 bits per heavy atom. The maximum absolute atomic E-state index is 13.0. The molecular formula is C23H17FN2O4. The van der Waals surface area contributed by atoms with Gasteiger partial charge in [-0.1, -0.05) is 5.16 Å². The summed E-state index contributed by atoms with van der Waals surface area (Å²) in [6.07, 6.45) is 0. The molecule has 0 aliphatic heterocycles. The highest BCUT2D eigenvalue weighted by Gasteiger charge is 2.11. The van der Waals surface area contributed by atoms with Crippen LogP contribution in [0.4, 0.5) is 4.39 Å². The van der Waals surface area contributed by atoms with Crippen molar-refractivity contribution in [2.45, 2.75) is 6.61 Å². The van der Waals surface area contributed by atoms with Gasteiger partial charge in [0, 0.05) is 16.7 Å². The van der Waals surface area contributed by atoms with Crippen molar-refractivity contribution in [3.05, 3.63) is 95.6 Å². The van der Waals surface area contributed by atoms with Crippen LogP contribution in [-0.4, -0.2) is 23.0 Å². The second kappa shape index (κ2) is 8.57. The highest BCUT2D eigenvalue weighted by Crippen LogP contribution is 2.21. The van der Waals surface area contributed by atoms with Gasteiger partial charge in [-0.2, -0.15) is 4.98 Å². The first kappa shape index (κ1) is 19.3. The second-order valence-corrected chi connectivity index (χ2v) is 6.39. The Morgan fingerprint density at radius 2 is 1.50 bits per heavy atom. The van der Waals surface area contributed by atoms with Crippen molar-refractivity contribution in [1.82, 2.24) is 10.1 Å². The van der Waals surface area contributed by atoms with E-state index in [2.05, 4.69) is 10.1 Å². The van der Waals surface area contributed by atoms with E-state index in [1.54, 1.807) is 31.4 Å². The van der Waals surface area contributed by atoms with Gasteiger partial charge in [-0.05, 0) is 72.8 Å². The fourth-order valence-corrected chi connectivity index (χ4v) is 2.79. The lowest BCUT2D eigenvalue weighted by atomic mass is 10.0. The lowest BCUT2D eigenvalue weighted by Crippen LogP contribution is -2.01. The summed E-state index contributed by atoms with van der Waals surface area (Å²) in [5.74, 6) is 1.50. The first-order valence-electron chi connectivity index (χ1n) is 9.12. The molecule has 0 aliphatic carbocycles. The molecule has 150 valence electrons. The van der Waals surface area contributed by atoms with Crippen molar-refractivity contribution in [3.63, 3.8) is 0 Å². The number of rotatable bonds is 7. The van der Waals surface area contributed by atoms with Gasteiger partial charge in [0.15, 0.2) is 12.4 Å². The molecule has 0 radical (unpaired) electrons. The molecule has 0 atom stereocenters. The Balaban J connectivity index is 1.38. The van der Waals surface area contributed by atoms with E-state index in [9.17, 15) is 9.18 Å². The van der Waals surface area contributed by atoms with Crippen molar-refractivity contribution >= 4 is 5.78 Å². The molecule has 4 aromatic rings. The van der Waals surface area contributed by atoms with Gasteiger partial charge < -0.3 is 14.0 Å². The molecule has 3 aromatic carbocycles. The lowest BCUT2D eigenvalue weighted by molar-refractivity contribution is 0.103. The summed E-state index contributed by atoms with van der Waals surface area (Å²) in [5.41, 5.74) is 1.70. The number of ketones is 1. The number of aromatic nitrogens is 2. The average molecular weight is 404 g/mol. The fraction of sp³-hybridized carbons (Fsp3) is 0.0870. The van der Waals surface area contributed by atoms with Gasteiger partial charge in [0.25, 0.3) is 5.89 Å². The van der Waals surface area contributed by atoms with Gasteiger partial charge >= 0.3 is 0 Å². The molecule has 1 aromatic heterocycles. The molecule has 0 unspecified atom stereocenters. The number of hydrogen-bond donors (Lipinski definition) is 0. The van der Waals surface area contributed by atoms with E-state index >= 15 is 0 Å². The maximum atomic E-state index is 13.0. The molecular weight excluding hydrogens is 387 g/mol. The lowest BCUT2D eigenvalue weighted by Gasteiger charge is -2.05. The number of hydrogen-bond acceptors (Lipinski definition) is 6. The summed E-state index contributed by atoms with van der Waals surface area (Å²) in [5, 5.41) is 3.95. The van der Waals surface area contributed by atoms with Crippen LogP contribution in [0.3, 0.4) is 0 Å². The standard InChI is InChI=1S/C23H17FN2O4/c1-28-19-10-6-17(7-11-19)23-25-21(30-26-23)14-29-20-12-4-16(5-13-20)22(27)15-2-8-18(24)9-3-15/h2-13H,14H2,1H3. The van der Waals surface area contributed by atoms with Crippen LogP contribution in [0, 0.1) is 5.82 Å². The Kier molecular flexibility index (Phi) is 5.52. The van der Waals surface area contributed by atoms with Crippen LogP contribution in [0.2, 0.25) is 0 Å². The van der Waals surface area contributed by atoms with Crippen molar-refractivity contribution < 1.29 is 23.2 Å². The number of halogens is 1. The molecule has 0 N–H and O–H groups in total. The predicted molar refractivity (Wildman–Crippen MR) is 107 cm³/mol. The molecule has 0 saturated carbocycles. The molecule has 0 bridgehead atoms. The maximum Gasteiger partial charge on any atom is 0.264 e. The SMILES string of the molecule is COc1ccc(-c2noc(COc3ccc(C(=O)c4ccc(F)cc4)cc3)n2)cc1. The molecule has 30 heavy (non-hydrogen) atoms. The van der Waals surface area contributed by atoms with Crippen LogP contribution >= 0.6 is 0 Å². The second-order valence-electron chi connectivity index (χ2n) is 6.39. The highest BCUT2D eigenvalue weighted by molar-refractivity contribution is 6.08. The summed E-state index contributed by atoms with van der Waals surface area (Å²) in [4.78, 5) is 16.7. The van der Waals surface area contributed by atoms with Crippen molar-refractivity contribution in [2.75, 3.05) is 7.11 Å². The van der Waals surface area contributed by atoms with Gasteiger partial charge in [0.1, 0.15) is 17.3 Å². The average Bonchev–Trinajstić information content (AvgIpc) is 3.27. The van der Waals surface area contributed by atoms with E-state index in [0.29, 0.717) is 28.6 Å². The number of carbonyl (C=O) groups excluding carboxylic acids is 1. The summed E-state index contributed by atoms with van der Waals surface area (Å²) < 4.78 is 29.0. The van der Waals surface area contributed by atoms with Gasteiger partial charge in [0.05, 0.1) is 7.11 Å². The summed E-state index contributed by atoms with van der Waals surface area (Å²) in [7, 11) is 1.60. The third-order valence-corrected chi connectivity index (χ3v) is 4.40. The minimum atomic E-state index is -0.383. The Labute approximate surface area is 171 Å². The Morgan fingerprint density at radius 3 is 2.13 bits per heavy atom. The zero-order chi connectivity index (χ0) is 20.9. The number of ether oxygens (including phenoxy) is 2. The van der Waals surface area contributed by atoms with Crippen molar-refractivity contribution in [2.24, 2.45) is 0 Å². The summed E-state index contributed by atoms with van der Waals surface area (Å²) in [6, 6.07) is 19.4. The summed E-state index contributed by atoms with van der Waals surface area (Å²) in [6.45, 7) is 0.0917. The molecule has 0 amide bonds. The van der Waals surface area contributed by atoms with E-state index < -0.39 is 0 Å². The number of benzene rings is 3. The zero-order valence-electron chi connectivity index (χ0n) is 16.0. The van der Waals surface area contributed by atoms with Crippen LogP contribution in [0.15, 0.2) is 77.3 Å². The molecule has 0 spiro atoms. The topological polar surface area (TPSA) is 74.5 Å². The third kappa shape index (κ3) is 4.35. The molecule has 1 heterocycles. The van der Waals surface area contributed by atoms with Crippen molar-refractivity contribution in [3.8, 4) is 22.9 Å². The quantitative estimate of drug-likeness (QED) is 0.416. The largest absolute Gasteiger partial charge is 0.497 e. The van der Waals surface area contributed by atoms with Gasteiger partial charge in [-0.3, -0.25) is 4.79 Å². The molecule has 7 heteroatoms. The highest BCUT2D eigenvalue weighted by atomic mass is 19.1. The van der Waals surface area contributed by atoms with E-state index in [4.69, 9.17) is 14.0 Å². The minimum Gasteiger partial charge on any atom is -0.497 e. The molecule has 0 saturated heterocycles. The van der Waals surface area contributed by atoms with Crippen LogP contribution in [-0.2, 0) is 6.61 Å². The number of carbonyl (C=O) groups is 1. The monoisotopic (exact) mass is 404 g/mol. The molecule has 0 aliphatic rings. The van der Waals surface area contributed by atoms with E-state index in [1.165, 1.54) is 24.3 Å². The Hall–Kier alpha value is -4.00. The van der Waals surface area contributed by atoms with E-state index in [0.717, 1.165) is 11.3 Å². The Bertz CT molecular complexity index is 1140. The predicted octanol–water partition coefficient (Wildman–Crippen LogP) is 4.69. The third-order valence-electron chi connectivity index (χ3n) is 4.40. The van der Waals surface area contributed by atoms with Gasteiger partial charge in [-0.15, -0.1) is 0 Å². The van der Waals surface area contributed by atoms with E-state index in [1.807, 2.05) is 24.3 Å². The summed E-state index contributed by atoms with van der Waals surface area (Å²) >= 11 is 0. The normalized spacial score (nSPS) is 10.6. The van der Waals surface area contributed by atoms with Crippen molar-refractivity contribution in [1.29, 1.82) is 0 Å². The fourth-order valence-electron chi connectivity index (χ4n) is 2.79.